The van der Waals surface area contributed by atoms with Crippen LogP contribution in [0.4, 0.5) is 14.6 Å². The molecular weight excluding hydrogens is 302 g/mol. The first kappa shape index (κ1) is 16.1. The summed E-state index contributed by atoms with van der Waals surface area (Å²) in [7, 11) is 0. The Morgan fingerprint density at radius 2 is 1.87 bits per heavy atom. The summed E-state index contributed by atoms with van der Waals surface area (Å²) in [5, 5.41) is 0. The van der Waals surface area contributed by atoms with Gasteiger partial charge in [-0.05, 0) is 25.8 Å². The fourth-order valence-corrected chi connectivity index (χ4v) is 3.29. The Bertz CT molecular complexity index is 563. The van der Waals surface area contributed by atoms with Gasteiger partial charge < -0.3 is 9.80 Å². The third-order valence-corrected chi connectivity index (χ3v) is 4.74. The molecule has 1 aromatic heterocycles. The highest BCUT2D eigenvalue weighted by molar-refractivity contribution is 5.79. The van der Waals surface area contributed by atoms with E-state index in [1.165, 1.54) is 0 Å². The van der Waals surface area contributed by atoms with E-state index in [0.29, 0.717) is 0 Å². The number of hydrogen-bond acceptors (Lipinski definition) is 4. The molecule has 2 aliphatic rings. The molecule has 23 heavy (non-hydrogen) atoms. The van der Waals surface area contributed by atoms with Crippen LogP contribution < -0.4 is 4.90 Å². The van der Waals surface area contributed by atoms with E-state index in [1.54, 1.807) is 11.1 Å². The van der Waals surface area contributed by atoms with Gasteiger partial charge in [0.1, 0.15) is 11.6 Å². The van der Waals surface area contributed by atoms with Crippen molar-refractivity contribution < 1.29 is 13.6 Å². The molecule has 3 rings (SSSR count). The number of rotatable bonds is 2. The summed E-state index contributed by atoms with van der Waals surface area (Å²) in [6.07, 6.45) is 2.81. The molecule has 2 fully saturated rings. The van der Waals surface area contributed by atoms with E-state index in [-0.39, 0.29) is 37.8 Å². The van der Waals surface area contributed by atoms with Gasteiger partial charge in [0.05, 0.1) is 0 Å². The average Bonchev–Trinajstić information content (AvgIpc) is 2.54. The quantitative estimate of drug-likeness (QED) is 0.837. The largest absolute Gasteiger partial charge is 0.356 e. The number of alkyl halides is 2. The zero-order valence-electron chi connectivity index (χ0n) is 13.3. The van der Waals surface area contributed by atoms with Crippen molar-refractivity contribution in [1.82, 2.24) is 14.9 Å². The van der Waals surface area contributed by atoms with E-state index in [1.807, 2.05) is 13.0 Å². The number of nitrogens with zero attached hydrogens (tertiary/aromatic N) is 4. The van der Waals surface area contributed by atoms with E-state index in [9.17, 15) is 13.6 Å². The molecule has 0 radical (unpaired) electrons. The predicted octanol–water partition coefficient (Wildman–Crippen LogP) is 2.26. The molecular formula is C16H22F2N4O. The number of carbonyl (C=O) groups is 1. The lowest BCUT2D eigenvalue weighted by molar-refractivity contribution is -0.142. The third-order valence-electron chi connectivity index (χ3n) is 4.74. The molecule has 0 atom stereocenters. The zero-order valence-corrected chi connectivity index (χ0v) is 13.3. The fraction of sp³-hybridized carbons (Fsp3) is 0.688. The monoisotopic (exact) mass is 324 g/mol. The smallest absolute Gasteiger partial charge is 0.251 e. The third kappa shape index (κ3) is 3.76. The minimum Gasteiger partial charge on any atom is -0.356 e. The van der Waals surface area contributed by atoms with Crippen LogP contribution in [-0.4, -0.2) is 52.9 Å². The summed E-state index contributed by atoms with van der Waals surface area (Å²) in [6.45, 7) is 3.73. The molecule has 0 aromatic carbocycles. The number of amides is 1. The van der Waals surface area contributed by atoms with Gasteiger partial charge in [0, 0.05) is 51.1 Å². The number of halogens is 2. The molecule has 2 saturated heterocycles. The minimum absolute atomic E-state index is 0.0408. The molecule has 0 unspecified atom stereocenters. The lowest BCUT2D eigenvalue weighted by atomic mass is 9.94. The fourth-order valence-electron chi connectivity index (χ4n) is 3.29. The molecule has 0 bridgehead atoms. The molecule has 0 spiro atoms. The normalized spacial score (nSPS) is 22.2. The molecule has 126 valence electrons. The van der Waals surface area contributed by atoms with Crippen LogP contribution in [-0.2, 0) is 4.79 Å². The van der Waals surface area contributed by atoms with Crippen molar-refractivity contribution in [2.24, 2.45) is 5.92 Å². The molecule has 2 aliphatic heterocycles. The highest BCUT2D eigenvalue weighted by Gasteiger charge is 2.37. The maximum atomic E-state index is 13.2. The summed E-state index contributed by atoms with van der Waals surface area (Å²) in [5.41, 5.74) is 0. The summed E-state index contributed by atoms with van der Waals surface area (Å²) in [6, 6.07) is 1.88. The second-order valence-electron chi connectivity index (χ2n) is 6.40. The van der Waals surface area contributed by atoms with Gasteiger partial charge in [-0.2, -0.15) is 0 Å². The first-order valence-electron chi connectivity index (χ1n) is 8.16. The summed E-state index contributed by atoms with van der Waals surface area (Å²) in [4.78, 5) is 24.8. The van der Waals surface area contributed by atoms with Crippen LogP contribution in [0.5, 0.6) is 0 Å². The first-order chi connectivity index (χ1) is 10.9. The standard InChI is InChI=1S/C16H22F2N4O/c1-12-19-7-2-14(20-12)21-8-3-13(4-9-21)15(23)22-10-5-16(17,18)6-11-22/h2,7,13H,3-6,8-11H2,1H3. The Balaban J connectivity index is 1.54. The Morgan fingerprint density at radius 3 is 2.48 bits per heavy atom. The van der Waals surface area contributed by atoms with E-state index in [0.717, 1.165) is 37.6 Å². The van der Waals surface area contributed by atoms with E-state index < -0.39 is 5.92 Å². The van der Waals surface area contributed by atoms with Crippen molar-refractivity contribution in [3.63, 3.8) is 0 Å². The van der Waals surface area contributed by atoms with Crippen molar-refractivity contribution in [2.45, 2.75) is 38.5 Å². The van der Waals surface area contributed by atoms with Crippen molar-refractivity contribution in [3.8, 4) is 0 Å². The van der Waals surface area contributed by atoms with Gasteiger partial charge in [-0.3, -0.25) is 4.79 Å². The highest BCUT2D eigenvalue weighted by atomic mass is 19.3. The van der Waals surface area contributed by atoms with Crippen molar-refractivity contribution in [1.29, 1.82) is 0 Å². The number of anilines is 1. The molecule has 1 amide bonds. The van der Waals surface area contributed by atoms with E-state index in [2.05, 4.69) is 14.9 Å². The Labute approximate surface area is 134 Å². The summed E-state index contributed by atoms with van der Waals surface area (Å²) in [5.74, 6) is -0.999. The van der Waals surface area contributed by atoms with E-state index in [4.69, 9.17) is 0 Å². The first-order valence-corrected chi connectivity index (χ1v) is 8.16. The zero-order chi connectivity index (χ0) is 16.4. The Morgan fingerprint density at radius 1 is 1.22 bits per heavy atom. The van der Waals surface area contributed by atoms with Crippen LogP contribution in [0.1, 0.15) is 31.5 Å². The lowest BCUT2D eigenvalue weighted by Gasteiger charge is -2.37. The molecule has 7 heteroatoms. The predicted molar refractivity (Wildman–Crippen MR) is 82.5 cm³/mol. The van der Waals surface area contributed by atoms with E-state index >= 15 is 0 Å². The topological polar surface area (TPSA) is 49.3 Å². The van der Waals surface area contributed by atoms with Crippen LogP contribution in [0.2, 0.25) is 0 Å². The molecule has 0 N–H and O–H groups in total. The molecule has 1 aromatic rings. The van der Waals surface area contributed by atoms with Crippen molar-refractivity contribution >= 4 is 11.7 Å². The van der Waals surface area contributed by atoms with Gasteiger partial charge in [0.15, 0.2) is 0 Å². The minimum atomic E-state index is -2.61. The van der Waals surface area contributed by atoms with Crippen LogP contribution in [0.3, 0.4) is 0 Å². The van der Waals surface area contributed by atoms with Crippen LogP contribution >= 0.6 is 0 Å². The number of likely N-dealkylation sites (tertiary alicyclic amines) is 1. The Kier molecular flexibility index (Phi) is 4.46. The van der Waals surface area contributed by atoms with Crippen LogP contribution in [0, 0.1) is 12.8 Å². The second-order valence-corrected chi connectivity index (χ2v) is 6.40. The van der Waals surface area contributed by atoms with Gasteiger partial charge in [-0.15, -0.1) is 0 Å². The highest BCUT2D eigenvalue weighted by Crippen LogP contribution is 2.30. The molecule has 3 heterocycles. The number of aryl methyl sites for hydroxylation is 1. The van der Waals surface area contributed by atoms with Gasteiger partial charge in [0.25, 0.3) is 5.92 Å². The Hall–Kier alpha value is -1.79. The molecule has 0 aliphatic carbocycles. The average molecular weight is 324 g/mol. The summed E-state index contributed by atoms with van der Waals surface area (Å²) >= 11 is 0. The number of aromatic nitrogens is 2. The van der Waals surface area contributed by atoms with Crippen molar-refractivity contribution in [3.05, 3.63) is 18.1 Å². The SMILES string of the molecule is Cc1nccc(N2CCC(C(=O)N3CCC(F)(F)CC3)CC2)n1. The van der Waals surface area contributed by atoms with Gasteiger partial charge >= 0.3 is 0 Å². The van der Waals surface area contributed by atoms with Gasteiger partial charge in [-0.25, -0.2) is 18.7 Å². The molecule has 5 nitrogen and oxygen atoms in total. The molecule has 0 saturated carbocycles. The van der Waals surface area contributed by atoms with Crippen LogP contribution in [0.15, 0.2) is 12.3 Å². The number of hydrogen-bond donors (Lipinski definition) is 0. The number of carbonyl (C=O) groups excluding carboxylic acids is 1. The maximum absolute atomic E-state index is 13.2. The summed E-state index contributed by atoms with van der Waals surface area (Å²) < 4.78 is 26.4. The van der Waals surface area contributed by atoms with Crippen molar-refractivity contribution in [2.75, 3.05) is 31.1 Å². The van der Waals surface area contributed by atoms with Gasteiger partial charge in [-0.1, -0.05) is 0 Å². The van der Waals surface area contributed by atoms with Gasteiger partial charge in [0.2, 0.25) is 5.91 Å². The van der Waals surface area contributed by atoms with Crippen LogP contribution in [0.25, 0.3) is 0 Å². The maximum Gasteiger partial charge on any atom is 0.251 e. The lowest BCUT2D eigenvalue weighted by Crippen LogP contribution is -2.47. The second kappa shape index (κ2) is 6.37. The number of piperidine rings is 2.